The van der Waals surface area contributed by atoms with Gasteiger partial charge in [-0.2, -0.15) is 0 Å². The summed E-state index contributed by atoms with van der Waals surface area (Å²) in [4.78, 5) is 46.7. The first kappa shape index (κ1) is 19.2. The number of esters is 1. The molecule has 1 heterocycles. The fourth-order valence-corrected chi connectivity index (χ4v) is 2.14. The molecule has 0 radical (unpaired) electrons. The van der Waals surface area contributed by atoms with E-state index in [1.807, 2.05) is 6.92 Å². The van der Waals surface area contributed by atoms with E-state index < -0.39 is 30.5 Å². The van der Waals surface area contributed by atoms with Crippen molar-refractivity contribution in [3.63, 3.8) is 0 Å². The maximum atomic E-state index is 11.9. The molecular weight excluding hydrogens is 342 g/mol. The van der Waals surface area contributed by atoms with Crippen molar-refractivity contribution in [2.24, 2.45) is 0 Å². The quantitative estimate of drug-likeness (QED) is 0.557. The van der Waals surface area contributed by atoms with Gasteiger partial charge in [0.15, 0.2) is 12.7 Å². The van der Waals surface area contributed by atoms with Crippen LogP contribution in [0.4, 0.5) is 5.69 Å². The summed E-state index contributed by atoms with van der Waals surface area (Å²) in [5.74, 6) is -1.68. The molecule has 140 valence electrons. The molecule has 9 nitrogen and oxygen atoms in total. The van der Waals surface area contributed by atoms with E-state index in [0.29, 0.717) is 18.0 Å². The molecule has 3 N–H and O–H groups in total. The third kappa shape index (κ3) is 5.76. The minimum atomic E-state index is -1.03. The Morgan fingerprint density at radius 2 is 1.96 bits per heavy atom. The molecule has 26 heavy (non-hydrogen) atoms. The van der Waals surface area contributed by atoms with Crippen LogP contribution in [0.1, 0.15) is 19.8 Å². The summed E-state index contributed by atoms with van der Waals surface area (Å²) in [7, 11) is 0. The van der Waals surface area contributed by atoms with Gasteiger partial charge in [-0.1, -0.05) is 19.1 Å². The highest BCUT2D eigenvalue weighted by Gasteiger charge is 2.30. The van der Waals surface area contributed by atoms with Crippen LogP contribution < -0.4 is 20.7 Å². The molecule has 0 saturated carbocycles. The lowest BCUT2D eigenvalue weighted by Crippen LogP contribution is -2.40. The van der Waals surface area contributed by atoms with Crippen LogP contribution in [0.25, 0.3) is 0 Å². The van der Waals surface area contributed by atoms with Gasteiger partial charge in [-0.25, -0.2) is 0 Å². The number of benzene rings is 1. The van der Waals surface area contributed by atoms with Crippen LogP contribution in [0.5, 0.6) is 5.75 Å². The molecule has 9 heteroatoms. The molecule has 1 aliphatic heterocycles. The predicted octanol–water partition coefficient (Wildman–Crippen LogP) is -0.0382. The Morgan fingerprint density at radius 3 is 2.73 bits per heavy atom. The molecule has 2 rings (SSSR count). The third-order valence-corrected chi connectivity index (χ3v) is 3.44. The van der Waals surface area contributed by atoms with Crippen molar-refractivity contribution in [3.05, 3.63) is 24.3 Å². The SMILES string of the molecule is CCCNC(=O)CNC(=O)COC(=O)C[C@@H]1Oc2ccccc2NC1=O. The number of fused-ring (bicyclic) bond motifs is 1. The van der Waals surface area contributed by atoms with Crippen molar-refractivity contribution in [1.82, 2.24) is 10.6 Å². The van der Waals surface area contributed by atoms with Crippen molar-refractivity contribution in [1.29, 1.82) is 0 Å². The number of hydrogen-bond donors (Lipinski definition) is 3. The average Bonchev–Trinajstić information content (AvgIpc) is 2.63. The summed E-state index contributed by atoms with van der Waals surface area (Å²) >= 11 is 0. The van der Waals surface area contributed by atoms with E-state index in [-0.39, 0.29) is 18.9 Å². The van der Waals surface area contributed by atoms with Crippen molar-refractivity contribution >= 4 is 29.4 Å². The number of carbonyl (C=O) groups excluding carboxylic acids is 4. The van der Waals surface area contributed by atoms with Crippen LogP contribution in [0.3, 0.4) is 0 Å². The number of ether oxygens (including phenoxy) is 2. The number of nitrogens with one attached hydrogen (secondary N) is 3. The summed E-state index contributed by atoms with van der Waals surface area (Å²) in [5.41, 5.74) is 0.530. The second-order valence-corrected chi connectivity index (χ2v) is 5.58. The standard InChI is InChI=1S/C17H21N3O6/c1-2-7-18-14(21)9-19-15(22)10-25-16(23)8-13-17(24)20-11-5-3-4-6-12(11)26-13/h3-6,13H,2,7-10H2,1H3,(H,18,21)(H,19,22)(H,20,24)/t13-/m0/s1. The lowest BCUT2D eigenvalue weighted by atomic mass is 10.1. The number of anilines is 1. The fraction of sp³-hybridized carbons (Fsp3) is 0.412. The fourth-order valence-electron chi connectivity index (χ4n) is 2.14. The molecule has 1 atom stereocenters. The van der Waals surface area contributed by atoms with Gasteiger partial charge in [0, 0.05) is 6.54 Å². The lowest BCUT2D eigenvalue weighted by molar-refractivity contribution is -0.151. The van der Waals surface area contributed by atoms with Crippen LogP contribution in [-0.2, 0) is 23.9 Å². The first-order chi connectivity index (χ1) is 12.5. The number of hydrogen-bond acceptors (Lipinski definition) is 6. The second kappa shape index (κ2) is 9.40. The first-order valence-corrected chi connectivity index (χ1v) is 8.25. The van der Waals surface area contributed by atoms with Gasteiger partial charge in [0.05, 0.1) is 18.7 Å². The molecular formula is C17H21N3O6. The van der Waals surface area contributed by atoms with Gasteiger partial charge < -0.3 is 25.4 Å². The maximum absolute atomic E-state index is 11.9. The molecule has 0 spiro atoms. The Kier molecular flexibility index (Phi) is 6.95. The van der Waals surface area contributed by atoms with Gasteiger partial charge in [-0.3, -0.25) is 19.2 Å². The number of carbonyl (C=O) groups is 4. The molecule has 0 saturated heterocycles. The van der Waals surface area contributed by atoms with E-state index in [4.69, 9.17) is 9.47 Å². The van der Waals surface area contributed by atoms with Gasteiger partial charge in [0.25, 0.3) is 11.8 Å². The highest BCUT2D eigenvalue weighted by Crippen LogP contribution is 2.29. The summed E-state index contributed by atoms with van der Waals surface area (Å²) in [5, 5.41) is 7.56. The van der Waals surface area contributed by atoms with Crippen LogP contribution in [0.15, 0.2) is 24.3 Å². The zero-order chi connectivity index (χ0) is 18.9. The maximum Gasteiger partial charge on any atom is 0.310 e. The van der Waals surface area contributed by atoms with E-state index in [2.05, 4.69) is 16.0 Å². The Balaban J connectivity index is 1.71. The highest BCUT2D eigenvalue weighted by molar-refractivity contribution is 5.99. The number of para-hydroxylation sites is 2. The highest BCUT2D eigenvalue weighted by atomic mass is 16.5. The second-order valence-electron chi connectivity index (χ2n) is 5.58. The third-order valence-electron chi connectivity index (χ3n) is 3.44. The van der Waals surface area contributed by atoms with Crippen LogP contribution >= 0.6 is 0 Å². The first-order valence-electron chi connectivity index (χ1n) is 8.25. The Bertz CT molecular complexity index is 691. The van der Waals surface area contributed by atoms with Crippen molar-refractivity contribution in [3.8, 4) is 5.75 Å². The Morgan fingerprint density at radius 1 is 1.19 bits per heavy atom. The molecule has 1 aromatic rings. The number of amides is 3. The zero-order valence-electron chi connectivity index (χ0n) is 14.4. The average molecular weight is 363 g/mol. The van der Waals surface area contributed by atoms with Gasteiger partial charge in [-0.05, 0) is 18.6 Å². The van der Waals surface area contributed by atoms with Crippen molar-refractivity contribution in [2.45, 2.75) is 25.9 Å². The van der Waals surface area contributed by atoms with E-state index in [9.17, 15) is 19.2 Å². The van der Waals surface area contributed by atoms with Gasteiger partial charge in [0.2, 0.25) is 5.91 Å². The smallest absolute Gasteiger partial charge is 0.310 e. The molecule has 0 unspecified atom stereocenters. The summed E-state index contributed by atoms with van der Waals surface area (Å²) in [6, 6.07) is 6.85. The van der Waals surface area contributed by atoms with Gasteiger partial charge in [0.1, 0.15) is 5.75 Å². The van der Waals surface area contributed by atoms with E-state index in [1.165, 1.54) is 0 Å². The van der Waals surface area contributed by atoms with Crippen molar-refractivity contribution < 1.29 is 28.7 Å². The minimum Gasteiger partial charge on any atom is -0.478 e. The lowest BCUT2D eigenvalue weighted by Gasteiger charge is -2.25. The van der Waals surface area contributed by atoms with Gasteiger partial charge in [-0.15, -0.1) is 0 Å². The topological polar surface area (TPSA) is 123 Å². The van der Waals surface area contributed by atoms with E-state index in [1.54, 1.807) is 24.3 Å². The van der Waals surface area contributed by atoms with Crippen LogP contribution in [0.2, 0.25) is 0 Å². The molecule has 1 aliphatic rings. The van der Waals surface area contributed by atoms with Crippen molar-refractivity contribution in [2.75, 3.05) is 25.0 Å². The summed E-state index contributed by atoms with van der Waals surface area (Å²) < 4.78 is 10.3. The molecule has 0 bridgehead atoms. The molecule has 0 aromatic heterocycles. The van der Waals surface area contributed by atoms with E-state index in [0.717, 1.165) is 6.42 Å². The largest absolute Gasteiger partial charge is 0.478 e. The molecule has 0 fully saturated rings. The van der Waals surface area contributed by atoms with Gasteiger partial charge >= 0.3 is 5.97 Å². The number of rotatable bonds is 8. The Hall–Kier alpha value is -3.10. The molecule has 1 aromatic carbocycles. The Labute approximate surface area is 150 Å². The summed E-state index contributed by atoms with van der Waals surface area (Å²) in [6.45, 7) is 1.70. The van der Waals surface area contributed by atoms with Crippen LogP contribution in [0, 0.1) is 0 Å². The summed E-state index contributed by atoms with van der Waals surface area (Å²) in [6.07, 6.45) is -0.566. The minimum absolute atomic E-state index is 0.193. The van der Waals surface area contributed by atoms with Crippen LogP contribution in [-0.4, -0.2) is 49.5 Å². The molecule has 0 aliphatic carbocycles. The predicted molar refractivity (Wildman–Crippen MR) is 91.4 cm³/mol. The normalized spacial score (nSPS) is 15.1. The zero-order valence-corrected chi connectivity index (χ0v) is 14.4. The monoisotopic (exact) mass is 363 g/mol. The van der Waals surface area contributed by atoms with E-state index >= 15 is 0 Å². The molecule has 3 amide bonds.